The molecule has 2 aromatic carbocycles. The van der Waals surface area contributed by atoms with Crippen molar-refractivity contribution in [3.8, 4) is 0 Å². The van der Waals surface area contributed by atoms with Crippen LogP contribution in [0.25, 0.3) is 0 Å². The van der Waals surface area contributed by atoms with Gasteiger partial charge in [-0.2, -0.15) is 13.2 Å². The van der Waals surface area contributed by atoms with Gasteiger partial charge in [-0.25, -0.2) is 8.42 Å². The normalized spacial score (nSPS) is 15.2. The van der Waals surface area contributed by atoms with Crippen molar-refractivity contribution in [1.82, 2.24) is 4.90 Å². The van der Waals surface area contributed by atoms with E-state index < -0.39 is 37.6 Å². The Morgan fingerprint density at radius 2 is 1.73 bits per heavy atom. The Balaban J connectivity index is 1.97. The molecule has 0 spiro atoms. The van der Waals surface area contributed by atoms with Crippen LogP contribution in [0.2, 0.25) is 10.0 Å². The average molecular weight is 483 g/mol. The number of sulfonamides is 1. The zero-order chi connectivity index (χ0) is 22.1. The molecule has 162 valence electrons. The lowest BCUT2D eigenvalue weighted by molar-refractivity contribution is -0.137. The molecule has 2 aromatic rings. The van der Waals surface area contributed by atoms with E-state index in [1.54, 1.807) is 0 Å². The number of benzene rings is 2. The summed E-state index contributed by atoms with van der Waals surface area (Å²) in [6.07, 6.45) is -4.84. The average Bonchev–Trinajstić information content (AvgIpc) is 2.67. The van der Waals surface area contributed by atoms with E-state index in [0.29, 0.717) is 32.4 Å². The minimum absolute atomic E-state index is 0.00915. The first-order valence-corrected chi connectivity index (χ1v) is 10.8. The maximum Gasteiger partial charge on any atom is 0.417 e. The summed E-state index contributed by atoms with van der Waals surface area (Å²) in [5.74, 6) is -0.459. The Hall–Kier alpha value is -2.01. The third kappa shape index (κ3) is 5.00. The second kappa shape index (κ2) is 8.62. The highest BCUT2D eigenvalue weighted by Crippen LogP contribution is 2.36. The van der Waals surface area contributed by atoms with E-state index in [4.69, 9.17) is 27.9 Å². The van der Waals surface area contributed by atoms with Crippen LogP contribution in [0.5, 0.6) is 0 Å². The molecule has 1 aliphatic rings. The van der Waals surface area contributed by atoms with E-state index in [9.17, 15) is 26.4 Å². The first-order chi connectivity index (χ1) is 14.0. The molecular weight excluding hydrogens is 468 g/mol. The number of morpholine rings is 1. The van der Waals surface area contributed by atoms with Crippen LogP contribution in [-0.4, -0.2) is 45.5 Å². The highest BCUT2D eigenvalue weighted by molar-refractivity contribution is 7.92. The quantitative estimate of drug-likeness (QED) is 0.705. The number of rotatable bonds is 4. The number of anilines is 1. The number of nitrogens with zero attached hydrogens (tertiary/aromatic N) is 1. The van der Waals surface area contributed by atoms with Gasteiger partial charge < -0.3 is 9.64 Å². The number of carbonyl (C=O) groups is 1. The summed E-state index contributed by atoms with van der Waals surface area (Å²) in [6, 6.07) is 6.19. The molecular formula is C18H15Cl2F3N2O4S. The Morgan fingerprint density at radius 3 is 2.37 bits per heavy atom. The molecule has 1 heterocycles. The van der Waals surface area contributed by atoms with Gasteiger partial charge >= 0.3 is 6.18 Å². The Bertz CT molecular complexity index is 1070. The van der Waals surface area contributed by atoms with E-state index in [1.165, 1.54) is 23.1 Å². The number of alkyl halides is 3. The smallest absolute Gasteiger partial charge is 0.378 e. The van der Waals surface area contributed by atoms with E-state index >= 15 is 0 Å². The van der Waals surface area contributed by atoms with Crippen LogP contribution < -0.4 is 4.72 Å². The van der Waals surface area contributed by atoms with Crippen LogP contribution in [-0.2, 0) is 20.9 Å². The Morgan fingerprint density at radius 1 is 1.07 bits per heavy atom. The van der Waals surface area contributed by atoms with Crippen molar-refractivity contribution in [2.24, 2.45) is 0 Å². The van der Waals surface area contributed by atoms with E-state index in [2.05, 4.69) is 4.72 Å². The highest BCUT2D eigenvalue weighted by atomic mass is 35.5. The van der Waals surface area contributed by atoms with Crippen molar-refractivity contribution in [3.63, 3.8) is 0 Å². The molecule has 3 rings (SSSR count). The second-order valence-electron chi connectivity index (χ2n) is 6.34. The standard InChI is InChI=1S/C18H15Cl2F3N2O4S/c19-11-1-3-13(17(26)25-5-7-29-8-6-25)16(9-11)24-30(27,28)12-2-4-15(20)14(10-12)18(21,22)23/h1-4,9-10,24H,5-8H2. The van der Waals surface area contributed by atoms with Crippen molar-refractivity contribution in [2.45, 2.75) is 11.1 Å². The monoisotopic (exact) mass is 482 g/mol. The fraction of sp³-hybridized carbons (Fsp3) is 0.278. The van der Waals surface area contributed by atoms with Crippen molar-refractivity contribution in [3.05, 3.63) is 57.6 Å². The van der Waals surface area contributed by atoms with E-state index in [0.717, 1.165) is 12.1 Å². The lowest BCUT2D eigenvalue weighted by Gasteiger charge is -2.27. The molecule has 12 heteroatoms. The molecule has 0 radical (unpaired) electrons. The molecule has 0 aliphatic carbocycles. The van der Waals surface area contributed by atoms with Gasteiger partial charge in [0.1, 0.15) is 0 Å². The van der Waals surface area contributed by atoms with Gasteiger partial charge in [0.2, 0.25) is 0 Å². The van der Waals surface area contributed by atoms with Crippen LogP contribution in [0, 0.1) is 0 Å². The molecule has 1 N–H and O–H groups in total. The third-order valence-corrected chi connectivity index (χ3v) is 6.24. The summed E-state index contributed by atoms with van der Waals surface area (Å²) in [5, 5.41) is -0.495. The molecule has 0 aromatic heterocycles. The zero-order valence-corrected chi connectivity index (χ0v) is 17.5. The minimum atomic E-state index is -4.84. The molecule has 0 saturated carbocycles. The topological polar surface area (TPSA) is 75.7 Å². The molecule has 0 atom stereocenters. The van der Waals surface area contributed by atoms with Gasteiger partial charge in [0.25, 0.3) is 15.9 Å². The number of hydrogen-bond donors (Lipinski definition) is 1. The number of halogens is 5. The number of carbonyl (C=O) groups excluding carboxylic acids is 1. The van der Waals surface area contributed by atoms with Crippen molar-refractivity contribution >= 4 is 44.8 Å². The third-order valence-electron chi connectivity index (χ3n) is 4.31. The molecule has 1 amide bonds. The predicted octanol–water partition coefficient (Wildman–Crippen LogP) is 4.29. The van der Waals surface area contributed by atoms with Gasteiger partial charge in [0.05, 0.1) is 39.9 Å². The summed E-state index contributed by atoms with van der Waals surface area (Å²) in [6.45, 7) is 1.32. The number of amides is 1. The van der Waals surface area contributed by atoms with Gasteiger partial charge in [0.15, 0.2) is 0 Å². The summed E-state index contributed by atoms with van der Waals surface area (Å²) in [4.78, 5) is 13.6. The largest absolute Gasteiger partial charge is 0.417 e. The number of hydrogen-bond acceptors (Lipinski definition) is 4. The van der Waals surface area contributed by atoms with Gasteiger partial charge in [-0.1, -0.05) is 23.2 Å². The van der Waals surface area contributed by atoms with Gasteiger partial charge in [-0.3, -0.25) is 9.52 Å². The molecule has 0 bridgehead atoms. The van der Waals surface area contributed by atoms with Crippen LogP contribution in [0.1, 0.15) is 15.9 Å². The first-order valence-electron chi connectivity index (χ1n) is 8.55. The van der Waals surface area contributed by atoms with Crippen LogP contribution >= 0.6 is 23.2 Å². The van der Waals surface area contributed by atoms with Crippen LogP contribution in [0.15, 0.2) is 41.3 Å². The Kier molecular flexibility index (Phi) is 6.51. The number of ether oxygens (including phenoxy) is 1. The van der Waals surface area contributed by atoms with Crippen molar-refractivity contribution < 1.29 is 31.1 Å². The summed E-state index contributed by atoms with van der Waals surface area (Å²) >= 11 is 11.5. The maximum atomic E-state index is 13.1. The molecule has 0 unspecified atom stereocenters. The van der Waals surface area contributed by atoms with Crippen LogP contribution in [0.4, 0.5) is 18.9 Å². The van der Waals surface area contributed by atoms with Gasteiger partial charge in [-0.15, -0.1) is 0 Å². The maximum absolute atomic E-state index is 13.1. The van der Waals surface area contributed by atoms with Crippen LogP contribution in [0.3, 0.4) is 0 Å². The fourth-order valence-electron chi connectivity index (χ4n) is 2.82. The molecule has 6 nitrogen and oxygen atoms in total. The van der Waals surface area contributed by atoms with Gasteiger partial charge in [-0.05, 0) is 36.4 Å². The summed E-state index contributed by atoms with van der Waals surface area (Å²) < 4.78 is 72.1. The van der Waals surface area contributed by atoms with E-state index in [-0.39, 0.29) is 16.3 Å². The van der Waals surface area contributed by atoms with Gasteiger partial charge in [0, 0.05) is 18.1 Å². The SMILES string of the molecule is O=C(c1ccc(Cl)cc1NS(=O)(=O)c1ccc(Cl)c(C(F)(F)F)c1)N1CCOCC1. The molecule has 1 aliphatic heterocycles. The zero-order valence-electron chi connectivity index (χ0n) is 15.2. The second-order valence-corrected chi connectivity index (χ2v) is 8.87. The molecule has 1 saturated heterocycles. The lowest BCUT2D eigenvalue weighted by atomic mass is 10.1. The van der Waals surface area contributed by atoms with Crippen molar-refractivity contribution in [2.75, 3.05) is 31.0 Å². The predicted molar refractivity (Wildman–Crippen MR) is 105 cm³/mol. The Labute approximate surface area is 180 Å². The lowest BCUT2D eigenvalue weighted by Crippen LogP contribution is -2.41. The summed E-state index contributed by atoms with van der Waals surface area (Å²) in [5.41, 5.74) is -1.43. The summed E-state index contributed by atoms with van der Waals surface area (Å²) in [7, 11) is -4.48. The molecule has 1 fully saturated rings. The minimum Gasteiger partial charge on any atom is -0.378 e. The first kappa shape index (κ1) is 22.7. The molecule has 30 heavy (non-hydrogen) atoms. The van der Waals surface area contributed by atoms with E-state index in [1.807, 2.05) is 0 Å². The number of nitrogens with one attached hydrogen (secondary N) is 1. The highest BCUT2D eigenvalue weighted by Gasteiger charge is 2.35. The van der Waals surface area contributed by atoms with Crippen molar-refractivity contribution in [1.29, 1.82) is 0 Å². The fourth-order valence-corrected chi connectivity index (χ4v) is 4.31.